The standard InChI is InChI=1S/C27H27BrCl2N2O2/c1-2-13-31-27(34)25(15-19-7-4-3-5-8-19)32(18-20-9-6-10-22(28)14-20)26(33)16-21-11-12-23(29)17-24(21)30/h3-12,14,17,25H,2,13,15-16,18H2,1H3,(H,31,34). The van der Waals surface area contributed by atoms with Crippen LogP contribution >= 0.6 is 39.1 Å². The minimum absolute atomic E-state index is 0.0658. The topological polar surface area (TPSA) is 49.4 Å². The first-order valence-electron chi connectivity index (χ1n) is 11.2. The van der Waals surface area contributed by atoms with E-state index in [0.29, 0.717) is 35.1 Å². The van der Waals surface area contributed by atoms with Crippen LogP contribution in [-0.2, 0) is 29.0 Å². The Hall–Kier alpha value is -2.34. The zero-order chi connectivity index (χ0) is 24.5. The van der Waals surface area contributed by atoms with E-state index >= 15 is 0 Å². The molecule has 3 rings (SSSR count). The van der Waals surface area contributed by atoms with Gasteiger partial charge in [0.2, 0.25) is 11.8 Å². The van der Waals surface area contributed by atoms with Crippen LogP contribution in [0.15, 0.2) is 77.3 Å². The molecule has 0 aliphatic heterocycles. The van der Waals surface area contributed by atoms with Gasteiger partial charge in [0.15, 0.2) is 0 Å². The molecule has 0 aliphatic rings. The first kappa shape index (κ1) is 26.3. The van der Waals surface area contributed by atoms with Gasteiger partial charge in [0.1, 0.15) is 6.04 Å². The molecule has 0 bridgehead atoms. The Balaban J connectivity index is 1.97. The van der Waals surface area contributed by atoms with Gasteiger partial charge in [-0.15, -0.1) is 0 Å². The van der Waals surface area contributed by atoms with Crippen molar-refractivity contribution in [3.05, 3.63) is 104 Å². The fourth-order valence-corrected chi connectivity index (χ4v) is 4.60. The van der Waals surface area contributed by atoms with Gasteiger partial charge in [0.25, 0.3) is 0 Å². The molecular formula is C27H27BrCl2N2O2. The molecule has 0 radical (unpaired) electrons. The molecule has 1 N–H and O–H groups in total. The van der Waals surface area contributed by atoms with Crippen molar-refractivity contribution in [3.8, 4) is 0 Å². The molecule has 0 aromatic heterocycles. The van der Waals surface area contributed by atoms with Gasteiger partial charge in [-0.05, 0) is 47.4 Å². The quantitative estimate of drug-likeness (QED) is 0.308. The third-order valence-electron chi connectivity index (χ3n) is 5.42. The molecule has 3 aromatic carbocycles. The minimum atomic E-state index is -0.675. The van der Waals surface area contributed by atoms with Crippen LogP contribution in [-0.4, -0.2) is 29.3 Å². The normalized spacial score (nSPS) is 11.6. The summed E-state index contributed by atoms with van der Waals surface area (Å²) in [6, 6.07) is 21.9. The second-order valence-electron chi connectivity index (χ2n) is 8.06. The average Bonchev–Trinajstić information content (AvgIpc) is 2.82. The van der Waals surface area contributed by atoms with Crippen molar-refractivity contribution in [1.29, 1.82) is 0 Å². The summed E-state index contributed by atoms with van der Waals surface area (Å²) in [5.41, 5.74) is 2.57. The van der Waals surface area contributed by atoms with Crippen LogP contribution in [0.4, 0.5) is 0 Å². The Morgan fingerprint density at radius 3 is 2.38 bits per heavy atom. The summed E-state index contributed by atoms with van der Waals surface area (Å²) >= 11 is 15.9. The fourth-order valence-electron chi connectivity index (χ4n) is 3.68. The highest BCUT2D eigenvalue weighted by Crippen LogP contribution is 2.24. The summed E-state index contributed by atoms with van der Waals surface area (Å²) < 4.78 is 0.910. The molecule has 0 spiro atoms. The van der Waals surface area contributed by atoms with E-state index in [1.54, 1.807) is 23.1 Å². The molecule has 1 atom stereocenters. The third-order valence-corrected chi connectivity index (χ3v) is 6.50. The number of halogens is 3. The number of carbonyl (C=O) groups excluding carboxylic acids is 2. The number of benzene rings is 3. The van der Waals surface area contributed by atoms with E-state index in [1.165, 1.54) is 0 Å². The summed E-state index contributed by atoms with van der Waals surface area (Å²) in [4.78, 5) is 28.7. The number of rotatable bonds is 10. The smallest absolute Gasteiger partial charge is 0.243 e. The Morgan fingerprint density at radius 1 is 0.971 bits per heavy atom. The van der Waals surface area contributed by atoms with Crippen LogP contribution in [0.2, 0.25) is 10.0 Å². The number of carbonyl (C=O) groups is 2. The van der Waals surface area contributed by atoms with Crippen molar-refractivity contribution in [3.63, 3.8) is 0 Å². The molecule has 0 heterocycles. The molecule has 1 unspecified atom stereocenters. The highest BCUT2D eigenvalue weighted by molar-refractivity contribution is 9.10. The zero-order valence-electron chi connectivity index (χ0n) is 18.9. The third kappa shape index (κ3) is 7.59. The second-order valence-corrected chi connectivity index (χ2v) is 9.82. The first-order chi connectivity index (χ1) is 16.4. The molecule has 34 heavy (non-hydrogen) atoms. The lowest BCUT2D eigenvalue weighted by Gasteiger charge is -2.32. The van der Waals surface area contributed by atoms with Crippen LogP contribution in [0.25, 0.3) is 0 Å². The SMILES string of the molecule is CCCNC(=O)C(Cc1ccccc1)N(Cc1cccc(Br)c1)C(=O)Cc1ccc(Cl)cc1Cl. The molecule has 7 heteroatoms. The van der Waals surface area contributed by atoms with Crippen LogP contribution in [0.1, 0.15) is 30.0 Å². The van der Waals surface area contributed by atoms with Crippen LogP contribution in [0.3, 0.4) is 0 Å². The highest BCUT2D eigenvalue weighted by atomic mass is 79.9. The predicted molar refractivity (Wildman–Crippen MR) is 142 cm³/mol. The van der Waals surface area contributed by atoms with E-state index in [0.717, 1.165) is 22.0 Å². The summed E-state index contributed by atoms with van der Waals surface area (Å²) in [6.07, 6.45) is 1.28. The Labute approximate surface area is 219 Å². The predicted octanol–water partition coefficient (Wildman–Crippen LogP) is 6.46. The molecule has 178 valence electrons. The number of hydrogen-bond donors (Lipinski definition) is 1. The van der Waals surface area contributed by atoms with E-state index in [1.807, 2.05) is 61.5 Å². The van der Waals surface area contributed by atoms with Gasteiger partial charge in [-0.2, -0.15) is 0 Å². The largest absolute Gasteiger partial charge is 0.354 e. The van der Waals surface area contributed by atoms with Gasteiger partial charge in [-0.3, -0.25) is 9.59 Å². The monoisotopic (exact) mass is 560 g/mol. The van der Waals surface area contributed by atoms with Gasteiger partial charge < -0.3 is 10.2 Å². The molecule has 2 amide bonds. The second kappa shape index (κ2) is 12.9. The van der Waals surface area contributed by atoms with Crippen molar-refractivity contribution in [1.82, 2.24) is 10.2 Å². The summed E-state index contributed by atoms with van der Waals surface area (Å²) in [5.74, 6) is -0.354. The van der Waals surface area contributed by atoms with Crippen molar-refractivity contribution >= 4 is 50.9 Å². The Bertz CT molecular complexity index is 1120. The number of nitrogens with zero attached hydrogens (tertiary/aromatic N) is 1. The van der Waals surface area contributed by atoms with Gasteiger partial charge in [-0.1, -0.05) is 94.6 Å². The maximum atomic E-state index is 13.7. The van der Waals surface area contributed by atoms with Gasteiger partial charge in [0, 0.05) is 34.0 Å². The van der Waals surface area contributed by atoms with Gasteiger partial charge in [-0.25, -0.2) is 0 Å². The number of nitrogens with one attached hydrogen (secondary N) is 1. The van der Waals surface area contributed by atoms with Crippen LogP contribution in [0.5, 0.6) is 0 Å². The highest BCUT2D eigenvalue weighted by Gasteiger charge is 2.30. The molecule has 0 saturated heterocycles. The minimum Gasteiger partial charge on any atom is -0.354 e. The number of amides is 2. The van der Waals surface area contributed by atoms with Gasteiger partial charge >= 0.3 is 0 Å². The molecular weight excluding hydrogens is 535 g/mol. The Kier molecular flexibility index (Phi) is 10.00. The van der Waals surface area contributed by atoms with E-state index in [-0.39, 0.29) is 18.2 Å². The maximum Gasteiger partial charge on any atom is 0.243 e. The van der Waals surface area contributed by atoms with Crippen molar-refractivity contribution in [2.24, 2.45) is 0 Å². The Morgan fingerprint density at radius 2 is 1.71 bits per heavy atom. The van der Waals surface area contributed by atoms with Crippen molar-refractivity contribution in [2.75, 3.05) is 6.54 Å². The molecule has 0 aliphatic carbocycles. The lowest BCUT2D eigenvalue weighted by Crippen LogP contribution is -2.51. The maximum absolute atomic E-state index is 13.7. The summed E-state index contributed by atoms with van der Waals surface area (Å²) in [6.45, 7) is 2.84. The average molecular weight is 562 g/mol. The van der Waals surface area contributed by atoms with Crippen molar-refractivity contribution in [2.45, 2.75) is 38.8 Å². The molecule has 0 saturated carbocycles. The summed E-state index contributed by atoms with van der Waals surface area (Å²) in [7, 11) is 0. The zero-order valence-corrected chi connectivity index (χ0v) is 22.0. The summed E-state index contributed by atoms with van der Waals surface area (Å²) in [5, 5.41) is 3.92. The lowest BCUT2D eigenvalue weighted by molar-refractivity contribution is -0.140. The van der Waals surface area contributed by atoms with E-state index in [4.69, 9.17) is 23.2 Å². The first-order valence-corrected chi connectivity index (χ1v) is 12.7. The van der Waals surface area contributed by atoms with Crippen LogP contribution < -0.4 is 5.32 Å². The lowest BCUT2D eigenvalue weighted by atomic mass is 10.0. The molecule has 0 fully saturated rings. The fraction of sp³-hybridized carbons (Fsp3) is 0.259. The van der Waals surface area contributed by atoms with E-state index in [9.17, 15) is 9.59 Å². The van der Waals surface area contributed by atoms with E-state index in [2.05, 4.69) is 21.2 Å². The van der Waals surface area contributed by atoms with E-state index < -0.39 is 6.04 Å². The van der Waals surface area contributed by atoms with Crippen LogP contribution in [0, 0.1) is 0 Å². The van der Waals surface area contributed by atoms with Crippen molar-refractivity contribution < 1.29 is 9.59 Å². The number of hydrogen-bond acceptors (Lipinski definition) is 2. The van der Waals surface area contributed by atoms with Gasteiger partial charge in [0.05, 0.1) is 6.42 Å². The molecule has 3 aromatic rings. The molecule has 4 nitrogen and oxygen atoms in total.